The number of carbonyl (C=O) groups excluding carboxylic acids is 2. The summed E-state index contributed by atoms with van der Waals surface area (Å²) in [6.45, 7) is 6.69. The molecule has 1 N–H and O–H groups in total. The Kier molecular flexibility index (Phi) is 4.80. The molecule has 0 aromatic heterocycles. The van der Waals surface area contributed by atoms with Gasteiger partial charge >= 0.3 is 0 Å². The third-order valence-electron chi connectivity index (χ3n) is 3.22. The molecular weight excluding hydrogens is 240 g/mol. The van der Waals surface area contributed by atoms with Gasteiger partial charge in [-0.3, -0.25) is 9.59 Å². The van der Waals surface area contributed by atoms with Crippen LogP contribution in [0.4, 0.5) is 0 Å². The van der Waals surface area contributed by atoms with Crippen molar-refractivity contribution in [3.05, 3.63) is 0 Å². The number of piperidine rings is 1. The summed E-state index contributed by atoms with van der Waals surface area (Å²) in [5.74, 6) is 0.412. The van der Waals surface area contributed by atoms with Crippen molar-refractivity contribution in [1.82, 2.24) is 10.2 Å². The molecule has 1 aliphatic heterocycles. The number of hydrogen-bond donors (Lipinski definition) is 1. The van der Waals surface area contributed by atoms with Gasteiger partial charge in [0.1, 0.15) is 0 Å². The van der Waals surface area contributed by atoms with Gasteiger partial charge in [0.15, 0.2) is 0 Å². The average Bonchev–Trinajstić information content (AvgIpc) is 2.29. The lowest BCUT2D eigenvalue weighted by Gasteiger charge is -2.33. The molecule has 0 aliphatic carbocycles. The highest BCUT2D eigenvalue weighted by molar-refractivity contribution is 6.19. The molecule has 0 bridgehead atoms. The van der Waals surface area contributed by atoms with Crippen LogP contribution in [-0.4, -0.2) is 41.7 Å². The highest BCUT2D eigenvalue weighted by atomic mass is 35.5. The summed E-state index contributed by atoms with van der Waals surface area (Å²) in [7, 11) is 0. The number of nitrogens with zero attached hydrogens (tertiary/aromatic N) is 1. The maximum Gasteiger partial charge on any atom is 0.227 e. The van der Waals surface area contributed by atoms with Gasteiger partial charge in [0, 0.05) is 31.9 Å². The normalized spacial score (nSPS) is 18.0. The van der Waals surface area contributed by atoms with E-state index >= 15 is 0 Å². The van der Waals surface area contributed by atoms with Crippen LogP contribution in [0.2, 0.25) is 0 Å². The van der Waals surface area contributed by atoms with Gasteiger partial charge in [-0.25, -0.2) is 0 Å². The molecule has 17 heavy (non-hydrogen) atoms. The number of nitrogens with one attached hydrogen (secondary N) is 1. The number of likely N-dealkylation sites (tertiary alicyclic amines) is 1. The predicted molar refractivity (Wildman–Crippen MR) is 67.9 cm³/mol. The van der Waals surface area contributed by atoms with E-state index in [9.17, 15) is 9.59 Å². The Morgan fingerprint density at radius 3 is 2.29 bits per heavy atom. The first-order valence-electron chi connectivity index (χ1n) is 5.99. The summed E-state index contributed by atoms with van der Waals surface area (Å²) in [6, 6.07) is 0.167. The van der Waals surface area contributed by atoms with E-state index in [0.717, 1.165) is 25.9 Å². The van der Waals surface area contributed by atoms with Crippen LogP contribution in [0.15, 0.2) is 0 Å². The van der Waals surface area contributed by atoms with Crippen LogP contribution >= 0.6 is 11.6 Å². The van der Waals surface area contributed by atoms with E-state index in [2.05, 4.69) is 5.32 Å². The minimum absolute atomic E-state index is 0.00576. The zero-order valence-corrected chi connectivity index (χ0v) is 11.5. The highest BCUT2D eigenvalue weighted by Gasteiger charge is 2.29. The molecule has 0 saturated carbocycles. The number of rotatable bonds is 3. The molecule has 0 atom stereocenters. The summed E-state index contributed by atoms with van der Waals surface area (Å²) in [4.78, 5) is 24.9. The molecule has 1 fully saturated rings. The number of carbonyl (C=O) groups is 2. The van der Waals surface area contributed by atoms with Crippen LogP contribution in [-0.2, 0) is 9.59 Å². The van der Waals surface area contributed by atoms with Crippen LogP contribution in [0.25, 0.3) is 0 Å². The van der Waals surface area contributed by atoms with Gasteiger partial charge in [-0.05, 0) is 26.7 Å². The lowest BCUT2D eigenvalue weighted by atomic mass is 9.94. The van der Waals surface area contributed by atoms with E-state index in [-0.39, 0.29) is 17.9 Å². The van der Waals surface area contributed by atoms with E-state index in [0.29, 0.717) is 5.88 Å². The molecule has 98 valence electrons. The van der Waals surface area contributed by atoms with Gasteiger partial charge in [-0.2, -0.15) is 0 Å². The largest absolute Gasteiger partial charge is 0.353 e. The molecule has 0 aromatic rings. The second kappa shape index (κ2) is 5.71. The van der Waals surface area contributed by atoms with E-state index < -0.39 is 5.41 Å². The zero-order valence-electron chi connectivity index (χ0n) is 10.8. The van der Waals surface area contributed by atoms with Gasteiger partial charge in [0.25, 0.3) is 0 Å². The van der Waals surface area contributed by atoms with Crippen molar-refractivity contribution in [2.24, 2.45) is 5.41 Å². The summed E-state index contributed by atoms with van der Waals surface area (Å²) in [5.41, 5.74) is -0.529. The molecule has 2 amide bonds. The van der Waals surface area contributed by atoms with E-state index in [1.54, 1.807) is 6.92 Å². The van der Waals surface area contributed by atoms with Crippen LogP contribution < -0.4 is 5.32 Å². The third-order valence-corrected chi connectivity index (χ3v) is 3.89. The number of alkyl halides is 1. The van der Waals surface area contributed by atoms with Gasteiger partial charge in [-0.1, -0.05) is 0 Å². The number of hydrogen-bond acceptors (Lipinski definition) is 2. The Labute approximate surface area is 108 Å². The van der Waals surface area contributed by atoms with Crippen molar-refractivity contribution in [3.63, 3.8) is 0 Å². The van der Waals surface area contributed by atoms with Crippen molar-refractivity contribution in [2.75, 3.05) is 19.0 Å². The Morgan fingerprint density at radius 1 is 1.35 bits per heavy atom. The molecule has 1 saturated heterocycles. The minimum atomic E-state index is -0.529. The minimum Gasteiger partial charge on any atom is -0.353 e. The summed E-state index contributed by atoms with van der Waals surface area (Å²) in [6.07, 6.45) is 1.65. The fourth-order valence-corrected chi connectivity index (χ4v) is 1.90. The third kappa shape index (κ3) is 3.87. The first kappa shape index (κ1) is 14.3. The fraction of sp³-hybridized carbons (Fsp3) is 0.833. The van der Waals surface area contributed by atoms with Crippen LogP contribution in [0.1, 0.15) is 33.6 Å². The van der Waals surface area contributed by atoms with Gasteiger partial charge < -0.3 is 10.2 Å². The molecule has 1 rings (SSSR count). The maximum atomic E-state index is 11.9. The van der Waals surface area contributed by atoms with Crippen molar-refractivity contribution in [2.45, 2.75) is 39.7 Å². The fourth-order valence-electron chi connectivity index (χ4n) is 1.78. The summed E-state index contributed by atoms with van der Waals surface area (Å²) in [5, 5.41) is 3.01. The van der Waals surface area contributed by atoms with Gasteiger partial charge in [0.05, 0.1) is 5.41 Å². The first-order valence-corrected chi connectivity index (χ1v) is 6.52. The lowest BCUT2D eigenvalue weighted by molar-refractivity contribution is -0.131. The predicted octanol–water partition coefficient (Wildman–Crippen LogP) is 1.38. The Morgan fingerprint density at radius 2 is 1.88 bits per heavy atom. The number of halogens is 1. The Hall–Kier alpha value is -0.770. The average molecular weight is 261 g/mol. The van der Waals surface area contributed by atoms with Crippen molar-refractivity contribution >= 4 is 23.4 Å². The molecule has 1 aliphatic rings. The Bertz CT molecular complexity index is 297. The second-order valence-corrected chi connectivity index (χ2v) is 5.54. The molecule has 4 nitrogen and oxygen atoms in total. The van der Waals surface area contributed by atoms with Gasteiger partial charge in [-0.15, -0.1) is 11.6 Å². The molecule has 0 unspecified atom stereocenters. The molecular formula is C12H21ClN2O2. The molecule has 1 heterocycles. The lowest BCUT2D eigenvalue weighted by Crippen LogP contribution is -2.49. The smallest absolute Gasteiger partial charge is 0.227 e. The summed E-state index contributed by atoms with van der Waals surface area (Å²) < 4.78 is 0. The van der Waals surface area contributed by atoms with Crippen LogP contribution in [0, 0.1) is 5.41 Å². The second-order valence-electron chi connectivity index (χ2n) is 5.27. The monoisotopic (exact) mass is 260 g/mol. The molecule has 0 aromatic carbocycles. The first-order chi connectivity index (χ1) is 7.86. The van der Waals surface area contributed by atoms with Crippen LogP contribution in [0.5, 0.6) is 0 Å². The molecule has 0 radical (unpaired) electrons. The zero-order chi connectivity index (χ0) is 13.1. The highest BCUT2D eigenvalue weighted by Crippen LogP contribution is 2.19. The molecule has 0 spiro atoms. The Balaban J connectivity index is 2.41. The quantitative estimate of drug-likeness (QED) is 0.780. The van der Waals surface area contributed by atoms with E-state index in [1.165, 1.54) is 0 Å². The molecule has 5 heteroatoms. The number of amides is 2. The van der Waals surface area contributed by atoms with Crippen molar-refractivity contribution in [3.8, 4) is 0 Å². The SMILES string of the molecule is CC(=O)N1CCC(NC(=O)C(C)(C)CCl)CC1. The summed E-state index contributed by atoms with van der Waals surface area (Å²) >= 11 is 5.76. The maximum absolute atomic E-state index is 11.9. The topological polar surface area (TPSA) is 49.4 Å². The van der Waals surface area contributed by atoms with Crippen molar-refractivity contribution in [1.29, 1.82) is 0 Å². The standard InChI is InChI=1S/C12H21ClN2O2/c1-9(16)15-6-4-10(5-7-15)14-11(17)12(2,3)8-13/h10H,4-8H2,1-3H3,(H,14,17). The van der Waals surface area contributed by atoms with Crippen molar-refractivity contribution < 1.29 is 9.59 Å². The van der Waals surface area contributed by atoms with Crippen LogP contribution in [0.3, 0.4) is 0 Å². The van der Waals surface area contributed by atoms with E-state index in [4.69, 9.17) is 11.6 Å². The van der Waals surface area contributed by atoms with E-state index in [1.807, 2.05) is 18.7 Å². The van der Waals surface area contributed by atoms with Gasteiger partial charge in [0.2, 0.25) is 11.8 Å².